The molecule has 1 amide bonds. The molecular weight excluding hydrogens is 357 g/mol. The predicted octanol–water partition coefficient (Wildman–Crippen LogP) is 2.48. The van der Waals surface area contributed by atoms with Gasteiger partial charge < -0.3 is 19.4 Å². The number of halogens is 3. The number of nitrogens with one attached hydrogen (secondary N) is 1. The molecule has 8 nitrogen and oxygen atoms in total. The predicted molar refractivity (Wildman–Crippen MR) is 83.1 cm³/mol. The van der Waals surface area contributed by atoms with Crippen LogP contribution in [0.1, 0.15) is 23.2 Å². The maximum atomic E-state index is 12.5. The second kappa shape index (κ2) is 7.95. The van der Waals surface area contributed by atoms with Crippen molar-refractivity contribution < 1.29 is 32.1 Å². The van der Waals surface area contributed by atoms with E-state index in [0.29, 0.717) is 5.71 Å². The van der Waals surface area contributed by atoms with Crippen LogP contribution in [0.4, 0.5) is 13.2 Å². The molecule has 1 aromatic heterocycles. The highest BCUT2D eigenvalue weighted by Crippen LogP contribution is 2.29. The van der Waals surface area contributed by atoms with Crippen LogP contribution in [0.15, 0.2) is 33.9 Å². The Hall–Kier alpha value is -2.95. The minimum atomic E-state index is -4.72. The van der Waals surface area contributed by atoms with Crippen LogP contribution in [0, 0.1) is 0 Å². The second-order valence-electron chi connectivity index (χ2n) is 5.00. The van der Waals surface area contributed by atoms with Crippen LogP contribution in [-0.2, 0) is 15.8 Å². The Morgan fingerprint density at radius 3 is 2.42 bits per heavy atom. The molecule has 1 heterocycles. The maximum absolute atomic E-state index is 12.5. The van der Waals surface area contributed by atoms with Crippen LogP contribution in [0.25, 0.3) is 11.4 Å². The molecule has 0 saturated carbocycles. The van der Waals surface area contributed by atoms with Crippen molar-refractivity contribution >= 4 is 11.6 Å². The first-order valence-corrected chi connectivity index (χ1v) is 7.19. The number of amides is 1. The van der Waals surface area contributed by atoms with E-state index in [1.54, 1.807) is 6.92 Å². The molecule has 1 unspecified atom stereocenters. The van der Waals surface area contributed by atoms with Crippen molar-refractivity contribution in [2.24, 2.45) is 5.16 Å². The van der Waals surface area contributed by atoms with Crippen molar-refractivity contribution in [2.75, 3.05) is 14.2 Å². The minimum Gasteiger partial charge on any atom is -0.399 e. The summed E-state index contributed by atoms with van der Waals surface area (Å²) in [6.07, 6.45) is -5.52. The molecule has 1 aromatic carbocycles. The number of carbonyl (C=O) groups excluding carboxylic acids is 1. The Morgan fingerprint density at radius 2 is 1.92 bits per heavy atom. The van der Waals surface area contributed by atoms with Gasteiger partial charge in [0.15, 0.2) is 6.23 Å². The summed E-state index contributed by atoms with van der Waals surface area (Å²) in [6, 6.07) is 5.61. The summed E-state index contributed by atoms with van der Waals surface area (Å²) in [5.41, 5.74) is 0.910. The van der Waals surface area contributed by atoms with Crippen LogP contribution in [0.5, 0.6) is 0 Å². The summed E-state index contributed by atoms with van der Waals surface area (Å²) in [7, 11) is 2.75. The van der Waals surface area contributed by atoms with E-state index < -0.39 is 24.2 Å². The first-order valence-electron chi connectivity index (χ1n) is 7.19. The molecule has 0 aliphatic rings. The highest BCUT2D eigenvalue weighted by atomic mass is 19.4. The van der Waals surface area contributed by atoms with Gasteiger partial charge in [-0.15, -0.1) is 0 Å². The second-order valence-corrected chi connectivity index (χ2v) is 5.00. The summed E-state index contributed by atoms with van der Waals surface area (Å²) in [4.78, 5) is 20.1. The molecule has 0 fully saturated rings. The van der Waals surface area contributed by atoms with E-state index in [2.05, 4.69) is 30.0 Å². The highest BCUT2D eigenvalue weighted by molar-refractivity contribution is 5.98. The summed E-state index contributed by atoms with van der Waals surface area (Å²) in [6.45, 7) is 1.61. The van der Waals surface area contributed by atoms with E-state index in [0.717, 1.165) is 0 Å². The first kappa shape index (κ1) is 19.4. The average Bonchev–Trinajstić information content (AvgIpc) is 3.10. The van der Waals surface area contributed by atoms with E-state index in [-0.39, 0.29) is 17.0 Å². The summed E-state index contributed by atoms with van der Waals surface area (Å²) >= 11 is 0. The normalized spacial score (nSPS) is 13.4. The zero-order valence-corrected chi connectivity index (χ0v) is 14.0. The van der Waals surface area contributed by atoms with Gasteiger partial charge in [-0.05, 0) is 19.1 Å². The molecule has 0 radical (unpaired) electrons. The van der Waals surface area contributed by atoms with E-state index in [9.17, 15) is 18.0 Å². The molecule has 0 bridgehead atoms. The molecule has 11 heteroatoms. The number of rotatable bonds is 6. The third-order valence-corrected chi connectivity index (χ3v) is 3.19. The number of nitrogens with zero attached hydrogens (tertiary/aromatic N) is 3. The molecule has 1 atom stereocenters. The Labute approximate surface area is 146 Å². The van der Waals surface area contributed by atoms with Crippen LogP contribution in [-0.4, -0.2) is 42.2 Å². The molecule has 26 heavy (non-hydrogen) atoms. The maximum Gasteiger partial charge on any atom is 0.471 e. The lowest BCUT2D eigenvalue weighted by molar-refractivity contribution is -0.159. The van der Waals surface area contributed by atoms with Crippen molar-refractivity contribution in [3.8, 4) is 11.4 Å². The Balaban J connectivity index is 2.12. The number of alkyl halides is 3. The van der Waals surface area contributed by atoms with Gasteiger partial charge in [-0.3, -0.25) is 4.79 Å². The molecule has 1 N–H and O–H groups in total. The molecule has 0 spiro atoms. The topological polar surface area (TPSA) is 98.8 Å². The molecule has 0 aliphatic carbocycles. The van der Waals surface area contributed by atoms with Crippen LogP contribution >= 0.6 is 0 Å². The number of hydrogen-bond acceptors (Lipinski definition) is 7. The quantitative estimate of drug-likeness (QED) is 0.475. The van der Waals surface area contributed by atoms with Crippen molar-refractivity contribution in [1.82, 2.24) is 15.5 Å². The van der Waals surface area contributed by atoms with Crippen LogP contribution in [0.3, 0.4) is 0 Å². The number of benzene rings is 1. The lowest BCUT2D eigenvalue weighted by Crippen LogP contribution is -2.41. The minimum absolute atomic E-state index is 0.234. The van der Waals surface area contributed by atoms with E-state index in [4.69, 9.17) is 4.74 Å². The lowest BCUT2D eigenvalue weighted by atomic mass is 10.1. The third-order valence-electron chi connectivity index (χ3n) is 3.19. The molecule has 2 aromatic rings. The van der Waals surface area contributed by atoms with Gasteiger partial charge in [-0.2, -0.15) is 18.2 Å². The van der Waals surface area contributed by atoms with Gasteiger partial charge in [0.1, 0.15) is 12.8 Å². The number of carbonyl (C=O) groups is 1. The van der Waals surface area contributed by atoms with Gasteiger partial charge in [0.25, 0.3) is 5.91 Å². The van der Waals surface area contributed by atoms with Gasteiger partial charge in [0, 0.05) is 18.2 Å². The average molecular weight is 372 g/mol. The zero-order chi connectivity index (χ0) is 19.3. The smallest absolute Gasteiger partial charge is 0.399 e. The lowest BCUT2D eigenvalue weighted by Gasteiger charge is -2.16. The van der Waals surface area contributed by atoms with E-state index in [1.165, 1.54) is 38.5 Å². The molecule has 0 aliphatic heterocycles. The molecule has 2 rings (SSSR count). The summed E-state index contributed by atoms with van der Waals surface area (Å²) < 4.78 is 46.7. The van der Waals surface area contributed by atoms with Crippen LogP contribution < -0.4 is 5.32 Å². The fraction of sp³-hybridized carbons (Fsp3) is 0.333. The van der Waals surface area contributed by atoms with Gasteiger partial charge in [0.05, 0.1) is 0 Å². The van der Waals surface area contributed by atoms with Gasteiger partial charge >= 0.3 is 12.1 Å². The Morgan fingerprint density at radius 1 is 1.27 bits per heavy atom. The fourth-order valence-corrected chi connectivity index (χ4v) is 1.95. The SMILES string of the molecule is CO/N=C(\C)C(NC(=O)c1ccc(-c2noc(C(F)(F)F)n2)cc1)OC. The van der Waals surface area contributed by atoms with E-state index >= 15 is 0 Å². The fourth-order valence-electron chi connectivity index (χ4n) is 1.95. The summed E-state index contributed by atoms with van der Waals surface area (Å²) in [5, 5.41) is 9.53. The zero-order valence-electron chi connectivity index (χ0n) is 14.0. The Bertz CT molecular complexity index is 787. The number of methoxy groups -OCH3 is 1. The third kappa shape index (κ3) is 4.57. The number of ether oxygens (including phenoxy) is 1. The highest BCUT2D eigenvalue weighted by Gasteiger charge is 2.38. The monoisotopic (exact) mass is 372 g/mol. The van der Waals surface area contributed by atoms with Crippen molar-refractivity contribution in [3.63, 3.8) is 0 Å². The first-order chi connectivity index (χ1) is 12.3. The standard InChI is InChI=1S/C15H15F3N4O4/c1-8(21-25-3)13(24-2)20-12(23)10-6-4-9(5-7-10)11-19-14(26-22-11)15(16,17)18/h4-7,13H,1-3H3,(H,20,23)/b21-8+. The van der Waals surface area contributed by atoms with Gasteiger partial charge in [-0.1, -0.05) is 22.4 Å². The molecule has 140 valence electrons. The van der Waals surface area contributed by atoms with Crippen molar-refractivity contribution in [2.45, 2.75) is 19.3 Å². The van der Waals surface area contributed by atoms with E-state index in [1.807, 2.05) is 0 Å². The summed E-state index contributed by atoms with van der Waals surface area (Å²) in [5.74, 6) is -2.15. The largest absolute Gasteiger partial charge is 0.471 e. The molecular formula is C15H15F3N4O4. The number of aromatic nitrogens is 2. The number of hydrogen-bond donors (Lipinski definition) is 1. The van der Waals surface area contributed by atoms with Gasteiger partial charge in [0.2, 0.25) is 5.82 Å². The molecule has 0 saturated heterocycles. The van der Waals surface area contributed by atoms with Gasteiger partial charge in [-0.25, -0.2) is 0 Å². The van der Waals surface area contributed by atoms with Crippen molar-refractivity contribution in [3.05, 3.63) is 35.7 Å². The van der Waals surface area contributed by atoms with Crippen molar-refractivity contribution in [1.29, 1.82) is 0 Å². The van der Waals surface area contributed by atoms with Crippen LogP contribution in [0.2, 0.25) is 0 Å². The number of oxime groups is 1. The Kier molecular flexibility index (Phi) is 5.93.